The summed E-state index contributed by atoms with van der Waals surface area (Å²) < 4.78 is 12.8. The molecule has 0 aromatic heterocycles. The summed E-state index contributed by atoms with van der Waals surface area (Å²) in [5, 5.41) is 0. The van der Waals surface area contributed by atoms with Crippen LogP contribution in [0.1, 0.15) is 18.4 Å². The lowest BCUT2D eigenvalue weighted by Crippen LogP contribution is -2.42. The zero-order chi connectivity index (χ0) is 13.0. The van der Waals surface area contributed by atoms with Crippen LogP contribution in [0.5, 0.6) is 0 Å². The Kier molecular flexibility index (Phi) is 4.28. The van der Waals surface area contributed by atoms with Crippen molar-refractivity contribution in [3.63, 3.8) is 0 Å². The van der Waals surface area contributed by atoms with Crippen molar-refractivity contribution >= 4 is 5.91 Å². The van der Waals surface area contributed by atoms with E-state index in [1.807, 2.05) is 0 Å². The molecule has 2 rings (SSSR count). The second-order valence-electron chi connectivity index (χ2n) is 4.69. The lowest BCUT2D eigenvalue weighted by Gasteiger charge is -2.30. The van der Waals surface area contributed by atoms with Crippen molar-refractivity contribution in [3.05, 3.63) is 35.6 Å². The first-order chi connectivity index (χ1) is 8.69. The Morgan fingerprint density at radius 1 is 1.33 bits per heavy atom. The molecule has 0 spiro atoms. The average Bonchev–Trinajstić information content (AvgIpc) is 2.41. The third-order valence-corrected chi connectivity index (χ3v) is 3.42. The van der Waals surface area contributed by atoms with E-state index >= 15 is 0 Å². The summed E-state index contributed by atoms with van der Waals surface area (Å²) in [5.41, 5.74) is 3.30. The molecule has 4 nitrogen and oxygen atoms in total. The molecule has 3 N–H and O–H groups in total. The number of nitrogens with one attached hydrogen (secondary N) is 1. The molecule has 1 aromatic rings. The van der Waals surface area contributed by atoms with Crippen molar-refractivity contribution < 1.29 is 9.18 Å². The van der Waals surface area contributed by atoms with Crippen LogP contribution in [0.4, 0.5) is 4.39 Å². The van der Waals surface area contributed by atoms with Crippen molar-refractivity contribution in [1.82, 2.24) is 10.3 Å². The molecule has 1 saturated heterocycles. The fourth-order valence-electron chi connectivity index (χ4n) is 2.32. The number of amides is 1. The van der Waals surface area contributed by atoms with Crippen molar-refractivity contribution in [2.45, 2.75) is 19.4 Å². The molecular weight excluding hydrogens is 233 g/mol. The topological polar surface area (TPSA) is 58.4 Å². The molecule has 1 amide bonds. The monoisotopic (exact) mass is 251 g/mol. The van der Waals surface area contributed by atoms with Gasteiger partial charge in [-0.25, -0.2) is 10.2 Å². The number of hydrazine groups is 1. The van der Waals surface area contributed by atoms with Crippen molar-refractivity contribution in [2.75, 3.05) is 13.1 Å². The molecule has 0 bridgehead atoms. The standard InChI is InChI=1S/C13H18FN3O/c14-12-3-1-10(2-4-12)9-17-7-5-11(6-8-17)13(18)16-15/h1-4,11H,5-9,15H2,(H,16,18). The Labute approximate surface area is 106 Å². The van der Waals surface area contributed by atoms with Crippen molar-refractivity contribution in [2.24, 2.45) is 11.8 Å². The largest absolute Gasteiger partial charge is 0.299 e. The number of hydrogen-bond donors (Lipinski definition) is 2. The molecule has 0 unspecified atom stereocenters. The zero-order valence-electron chi connectivity index (χ0n) is 10.2. The fraction of sp³-hybridized carbons (Fsp3) is 0.462. The summed E-state index contributed by atoms with van der Waals surface area (Å²) in [5.74, 6) is 4.87. The molecule has 1 fully saturated rings. The van der Waals surface area contributed by atoms with E-state index < -0.39 is 0 Å². The number of benzene rings is 1. The van der Waals surface area contributed by atoms with Crippen LogP contribution in [-0.4, -0.2) is 23.9 Å². The van der Waals surface area contributed by atoms with Crippen LogP contribution >= 0.6 is 0 Å². The molecule has 0 saturated carbocycles. The Morgan fingerprint density at radius 3 is 2.50 bits per heavy atom. The summed E-state index contributed by atoms with van der Waals surface area (Å²) >= 11 is 0. The van der Waals surface area contributed by atoms with Crippen LogP contribution in [0.15, 0.2) is 24.3 Å². The summed E-state index contributed by atoms with van der Waals surface area (Å²) in [6.07, 6.45) is 1.65. The van der Waals surface area contributed by atoms with Gasteiger partial charge in [0.1, 0.15) is 5.82 Å². The lowest BCUT2D eigenvalue weighted by molar-refractivity contribution is -0.126. The second-order valence-corrected chi connectivity index (χ2v) is 4.69. The van der Waals surface area contributed by atoms with Gasteiger partial charge in [-0.05, 0) is 43.6 Å². The van der Waals surface area contributed by atoms with Gasteiger partial charge >= 0.3 is 0 Å². The predicted octanol–water partition coefficient (Wildman–Crippen LogP) is 1.03. The second kappa shape index (κ2) is 5.93. The number of nitrogens with two attached hydrogens (primary N) is 1. The fourth-order valence-corrected chi connectivity index (χ4v) is 2.32. The molecule has 0 radical (unpaired) electrons. The van der Waals surface area contributed by atoms with Crippen LogP contribution in [0, 0.1) is 11.7 Å². The van der Waals surface area contributed by atoms with E-state index in [0.29, 0.717) is 0 Å². The van der Waals surface area contributed by atoms with Gasteiger partial charge in [0.2, 0.25) is 5.91 Å². The molecule has 1 heterocycles. The molecule has 5 heteroatoms. The number of carbonyl (C=O) groups excluding carboxylic acids is 1. The summed E-state index contributed by atoms with van der Waals surface area (Å²) in [6.45, 7) is 2.54. The smallest absolute Gasteiger partial charge is 0.237 e. The quantitative estimate of drug-likeness (QED) is 0.479. The first kappa shape index (κ1) is 13.0. The molecule has 18 heavy (non-hydrogen) atoms. The normalized spacial score (nSPS) is 17.7. The molecule has 1 aliphatic heterocycles. The van der Waals surface area contributed by atoms with E-state index in [4.69, 9.17) is 5.84 Å². The van der Waals surface area contributed by atoms with Gasteiger partial charge < -0.3 is 0 Å². The highest BCUT2D eigenvalue weighted by atomic mass is 19.1. The third-order valence-electron chi connectivity index (χ3n) is 3.42. The van der Waals surface area contributed by atoms with Gasteiger partial charge in [0.15, 0.2) is 0 Å². The Balaban J connectivity index is 1.83. The highest BCUT2D eigenvalue weighted by Gasteiger charge is 2.24. The van der Waals surface area contributed by atoms with Crippen LogP contribution < -0.4 is 11.3 Å². The Bertz CT molecular complexity index is 399. The van der Waals surface area contributed by atoms with Gasteiger partial charge in [0, 0.05) is 12.5 Å². The van der Waals surface area contributed by atoms with E-state index in [9.17, 15) is 9.18 Å². The maximum atomic E-state index is 12.8. The number of piperidine rings is 1. The molecule has 1 aromatic carbocycles. The average molecular weight is 251 g/mol. The van der Waals surface area contributed by atoms with Gasteiger partial charge in [-0.15, -0.1) is 0 Å². The third kappa shape index (κ3) is 3.27. The summed E-state index contributed by atoms with van der Waals surface area (Å²) in [7, 11) is 0. The highest BCUT2D eigenvalue weighted by Crippen LogP contribution is 2.19. The number of carbonyl (C=O) groups is 1. The lowest BCUT2D eigenvalue weighted by atomic mass is 9.96. The van der Waals surface area contributed by atoms with E-state index in [1.54, 1.807) is 12.1 Å². The molecule has 1 aliphatic rings. The van der Waals surface area contributed by atoms with E-state index in [2.05, 4.69) is 10.3 Å². The van der Waals surface area contributed by atoms with Crippen LogP contribution in [0.25, 0.3) is 0 Å². The van der Waals surface area contributed by atoms with E-state index in [1.165, 1.54) is 12.1 Å². The minimum atomic E-state index is -0.211. The minimum Gasteiger partial charge on any atom is -0.299 e. The van der Waals surface area contributed by atoms with Crippen LogP contribution in [0.3, 0.4) is 0 Å². The van der Waals surface area contributed by atoms with E-state index in [0.717, 1.165) is 38.0 Å². The van der Waals surface area contributed by atoms with Gasteiger partial charge in [-0.2, -0.15) is 0 Å². The van der Waals surface area contributed by atoms with E-state index in [-0.39, 0.29) is 17.6 Å². The number of likely N-dealkylation sites (tertiary alicyclic amines) is 1. The Hall–Kier alpha value is -1.46. The minimum absolute atomic E-state index is 0.0273. The van der Waals surface area contributed by atoms with Gasteiger partial charge in [-0.3, -0.25) is 15.1 Å². The number of halogens is 1. The van der Waals surface area contributed by atoms with Gasteiger partial charge in [-0.1, -0.05) is 12.1 Å². The number of nitrogens with zero attached hydrogens (tertiary/aromatic N) is 1. The summed E-state index contributed by atoms with van der Waals surface area (Å²) in [6, 6.07) is 6.55. The predicted molar refractivity (Wildman–Crippen MR) is 66.7 cm³/mol. The zero-order valence-corrected chi connectivity index (χ0v) is 10.2. The number of hydrogen-bond acceptors (Lipinski definition) is 3. The summed E-state index contributed by atoms with van der Waals surface area (Å²) in [4.78, 5) is 13.6. The molecule has 0 aliphatic carbocycles. The first-order valence-corrected chi connectivity index (χ1v) is 6.16. The maximum Gasteiger partial charge on any atom is 0.237 e. The number of rotatable bonds is 3. The highest BCUT2D eigenvalue weighted by molar-refractivity contribution is 5.78. The van der Waals surface area contributed by atoms with Crippen LogP contribution in [-0.2, 0) is 11.3 Å². The molecular formula is C13H18FN3O. The van der Waals surface area contributed by atoms with Gasteiger partial charge in [0.05, 0.1) is 0 Å². The maximum absolute atomic E-state index is 12.8. The SMILES string of the molecule is NNC(=O)C1CCN(Cc2ccc(F)cc2)CC1. The van der Waals surface area contributed by atoms with Crippen LogP contribution in [0.2, 0.25) is 0 Å². The van der Waals surface area contributed by atoms with Gasteiger partial charge in [0.25, 0.3) is 0 Å². The first-order valence-electron chi connectivity index (χ1n) is 6.16. The molecule has 98 valence electrons. The van der Waals surface area contributed by atoms with Crippen molar-refractivity contribution in [1.29, 1.82) is 0 Å². The Morgan fingerprint density at radius 2 is 1.94 bits per heavy atom. The van der Waals surface area contributed by atoms with Crippen molar-refractivity contribution in [3.8, 4) is 0 Å². The molecule has 0 atom stereocenters.